The summed E-state index contributed by atoms with van der Waals surface area (Å²) in [4.78, 5) is 40.5. The molecule has 10 heteroatoms. The minimum absolute atomic E-state index is 0.138. The number of carbonyl (C=O) groups is 3. The van der Waals surface area contributed by atoms with Gasteiger partial charge in [0.1, 0.15) is 6.04 Å². The summed E-state index contributed by atoms with van der Waals surface area (Å²) in [5.74, 6) is -0.941. The predicted molar refractivity (Wildman–Crippen MR) is 108 cm³/mol. The molecule has 1 aromatic carbocycles. The molecule has 2 aromatic rings. The molecule has 162 valence electrons. The van der Waals surface area contributed by atoms with Crippen molar-refractivity contribution in [2.45, 2.75) is 50.9 Å². The Hall–Kier alpha value is -3.11. The highest BCUT2D eigenvalue weighted by molar-refractivity contribution is 6.05. The summed E-state index contributed by atoms with van der Waals surface area (Å²) in [5, 5.41) is 20.4. The van der Waals surface area contributed by atoms with Crippen LogP contribution in [0.25, 0.3) is 5.69 Å². The molecule has 0 aliphatic carbocycles. The van der Waals surface area contributed by atoms with E-state index in [4.69, 9.17) is 0 Å². The van der Waals surface area contributed by atoms with E-state index in [0.29, 0.717) is 18.5 Å². The van der Waals surface area contributed by atoms with Crippen molar-refractivity contribution in [3.05, 3.63) is 41.2 Å². The lowest BCUT2D eigenvalue weighted by molar-refractivity contribution is -0.136. The minimum atomic E-state index is -0.651. The number of carbonyl (C=O) groups excluding carboxylic acids is 3. The molecular formula is C21H24N6O4. The lowest BCUT2D eigenvalue weighted by Gasteiger charge is -2.29. The van der Waals surface area contributed by atoms with Crippen LogP contribution in [0, 0.1) is 0 Å². The number of imide groups is 1. The van der Waals surface area contributed by atoms with Crippen molar-refractivity contribution in [3.8, 4) is 5.69 Å². The molecule has 0 saturated carbocycles. The van der Waals surface area contributed by atoms with Crippen LogP contribution in [-0.4, -0.2) is 72.9 Å². The van der Waals surface area contributed by atoms with Crippen LogP contribution in [0.1, 0.15) is 47.3 Å². The first-order valence-corrected chi connectivity index (χ1v) is 10.6. The van der Waals surface area contributed by atoms with Gasteiger partial charge >= 0.3 is 0 Å². The second-order valence-electron chi connectivity index (χ2n) is 8.31. The minimum Gasteiger partial charge on any atom is -0.395 e. The molecule has 1 aromatic heterocycles. The molecule has 2 unspecified atom stereocenters. The van der Waals surface area contributed by atoms with E-state index in [1.54, 1.807) is 16.8 Å². The van der Waals surface area contributed by atoms with E-state index in [9.17, 15) is 19.5 Å². The van der Waals surface area contributed by atoms with Gasteiger partial charge in [0.05, 0.1) is 24.2 Å². The number of rotatable bonds is 5. The Kier molecular flexibility index (Phi) is 5.03. The Labute approximate surface area is 178 Å². The van der Waals surface area contributed by atoms with Crippen LogP contribution in [0.3, 0.4) is 0 Å². The Morgan fingerprint density at radius 1 is 1.19 bits per heavy atom. The molecule has 2 saturated heterocycles. The van der Waals surface area contributed by atoms with Gasteiger partial charge in [-0.1, -0.05) is 11.3 Å². The summed E-state index contributed by atoms with van der Waals surface area (Å²) in [6.45, 7) is 1.96. The maximum atomic E-state index is 13.0. The number of aromatic nitrogens is 3. The Morgan fingerprint density at radius 2 is 2.06 bits per heavy atom. The van der Waals surface area contributed by atoms with Crippen LogP contribution in [0.2, 0.25) is 0 Å². The van der Waals surface area contributed by atoms with Crippen molar-refractivity contribution < 1.29 is 19.5 Å². The van der Waals surface area contributed by atoms with Crippen LogP contribution in [0.5, 0.6) is 0 Å². The molecule has 3 amide bonds. The summed E-state index contributed by atoms with van der Waals surface area (Å²) >= 11 is 0. The summed E-state index contributed by atoms with van der Waals surface area (Å²) in [6.07, 6.45) is 4.44. The molecule has 10 nitrogen and oxygen atoms in total. The molecule has 0 spiro atoms. The second kappa shape index (κ2) is 7.86. The molecule has 2 fully saturated rings. The number of nitrogens with one attached hydrogen (secondary N) is 1. The zero-order valence-corrected chi connectivity index (χ0v) is 17.0. The van der Waals surface area contributed by atoms with Crippen LogP contribution >= 0.6 is 0 Å². The van der Waals surface area contributed by atoms with E-state index in [2.05, 4.69) is 20.5 Å². The average Bonchev–Trinajstić information content (AvgIpc) is 3.48. The van der Waals surface area contributed by atoms with Crippen molar-refractivity contribution >= 4 is 17.7 Å². The number of piperidine rings is 1. The summed E-state index contributed by atoms with van der Waals surface area (Å²) in [6, 6.07) is 4.93. The van der Waals surface area contributed by atoms with Gasteiger partial charge in [-0.15, -0.1) is 5.10 Å². The fourth-order valence-corrected chi connectivity index (χ4v) is 4.79. The number of aliphatic hydroxyl groups is 1. The van der Waals surface area contributed by atoms with Gasteiger partial charge < -0.3 is 10.0 Å². The summed E-state index contributed by atoms with van der Waals surface area (Å²) in [7, 11) is 0. The third-order valence-corrected chi connectivity index (χ3v) is 6.42. The second-order valence-corrected chi connectivity index (χ2v) is 8.31. The summed E-state index contributed by atoms with van der Waals surface area (Å²) < 4.78 is 1.67. The monoisotopic (exact) mass is 424 g/mol. The fraction of sp³-hybridized carbons (Fsp3) is 0.476. The largest absolute Gasteiger partial charge is 0.395 e. The van der Waals surface area contributed by atoms with Gasteiger partial charge in [-0.2, -0.15) is 0 Å². The fourth-order valence-electron chi connectivity index (χ4n) is 4.79. The van der Waals surface area contributed by atoms with Crippen LogP contribution in [-0.2, 0) is 22.7 Å². The highest BCUT2D eigenvalue weighted by Gasteiger charge is 2.40. The number of amides is 3. The van der Waals surface area contributed by atoms with E-state index in [-0.39, 0.29) is 37.4 Å². The molecule has 4 heterocycles. The average molecular weight is 424 g/mol. The predicted octanol–water partition coefficient (Wildman–Crippen LogP) is -0.0150. The van der Waals surface area contributed by atoms with Gasteiger partial charge in [-0.05, 0) is 37.9 Å². The van der Waals surface area contributed by atoms with E-state index in [0.717, 1.165) is 36.3 Å². The van der Waals surface area contributed by atoms with Crippen molar-refractivity contribution in [2.75, 3.05) is 13.2 Å². The van der Waals surface area contributed by atoms with Gasteiger partial charge in [0.25, 0.3) is 5.91 Å². The number of fused-ring (bicyclic) bond motifs is 1. The number of nitrogens with zero attached hydrogens (tertiary/aromatic N) is 5. The number of aliphatic hydroxyl groups excluding tert-OH is 1. The normalized spacial score (nSPS) is 24.0. The number of likely N-dealkylation sites (tertiary alicyclic amines) is 1. The molecule has 3 aliphatic rings. The third kappa shape index (κ3) is 3.51. The van der Waals surface area contributed by atoms with Gasteiger partial charge in [0, 0.05) is 36.7 Å². The van der Waals surface area contributed by atoms with Crippen LogP contribution in [0.4, 0.5) is 0 Å². The molecule has 0 radical (unpaired) electrons. The topological polar surface area (TPSA) is 121 Å². The van der Waals surface area contributed by atoms with Gasteiger partial charge in [-0.25, -0.2) is 4.68 Å². The molecule has 0 bridgehead atoms. The molecule has 2 atom stereocenters. The molecule has 31 heavy (non-hydrogen) atoms. The van der Waals surface area contributed by atoms with Gasteiger partial charge in [0.2, 0.25) is 11.8 Å². The molecule has 2 N–H and O–H groups in total. The molecule has 3 aliphatic heterocycles. The Bertz CT molecular complexity index is 1050. The van der Waals surface area contributed by atoms with Crippen molar-refractivity contribution in [3.63, 3.8) is 0 Å². The van der Waals surface area contributed by atoms with Crippen molar-refractivity contribution in [1.82, 2.24) is 30.1 Å². The SMILES string of the molecule is O=C1CCC(N2Cc3c(cccc3-n3cc(CN4CCCC4CO)nn3)C2=O)C(=O)N1. The van der Waals surface area contributed by atoms with Crippen LogP contribution < -0.4 is 5.32 Å². The highest BCUT2D eigenvalue weighted by atomic mass is 16.3. The van der Waals surface area contributed by atoms with E-state index >= 15 is 0 Å². The summed E-state index contributed by atoms with van der Waals surface area (Å²) in [5.41, 5.74) is 2.88. The number of hydrogen-bond acceptors (Lipinski definition) is 7. The van der Waals surface area contributed by atoms with E-state index in [1.165, 1.54) is 4.90 Å². The maximum Gasteiger partial charge on any atom is 0.255 e. The van der Waals surface area contributed by atoms with Crippen molar-refractivity contribution in [1.29, 1.82) is 0 Å². The first-order valence-electron chi connectivity index (χ1n) is 10.6. The van der Waals surface area contributed by atoms with Gasteiger partial charge in [0.15, 0.2) is 0 Å². The van der Waals surface area contributed by atoms with E-state index < -0.39 is 11.9 Å². The van der Waals surface area contributed by atoms with Gasteiger partial charge in [-0.3, -0.25) is 24.6 Å². The molecule has 5 rings (SSSR count). The quantitative estimate of drug-likeness (QED) is 0.648. The molecular weight excluding hydrogens is 400 g/mol. The Morgan fingerprint density at radius 3 is 2.87 bits per heavy atom. The maximum absolute atomic E-state index is 13.0. The van der Waals surface area contributed by atoms with Crippen LogP contribution in [0.15, 0.2) is 24.4 Å². The lowest BCUT2D eigenvalue weighted by atomic mass is 10.0. The highest BCUT2D eigenvalue weighted by Crippen LogP contribution is 2.31. The first-order chi connectivity index (χ1) is 15.0. The smallest absolute Gasteiger partial charge is 0.255 e. The van der Waals surface area contributed by atoms with E-state index in [1.807, 2.05) is 12.3 Å². The van der Waals surface area contributed by atoms with Crippen molar-refractivity contribution in [2.24, 2.45) is 0 Å². The standard InChI is InChI=1S/C21H24N6O4/c28-12-14-3-2-8-25(14)9-13-10-27(24-23-13)17-5-1-4-15-16(17)11-26(21(15)31)18-6-7-19(29)22-20(18)30/h1,4-5,10,14,18,28H,2-3,6-9,11-12H2,(H,22,29,30). The zero-order chi connectivity index (χ0) is 21.5. The number of hydrogen-bond donors (Lipinski definition) is 2. The Balaban J connectivity index is 1.38. The number of benzene rings is 1. The first kappa shape index (κ1) is 19.8. The third-order valence-electron chi connectivity index (χ3n) is 6.42. The zero-order valence-electron chi connectivity index (χ0n) is 17.0. The lowest BCUT2D eigenvalue weighted by Crippen LogP contribution is -2.52.